The predicted octanol–water partition coefficient (Wildman–Crippen LogP) is 2.23. The molecule has 0 aliphatic carbocycles. The van der Waals surface area contributed by atoms with Gasteiger partial charge in [0.25, 0.3) is 0 Å². The highest BCUT2D eigenvalue weighted by Gasteiger charge is 2.09. The van der Waals surface area contributed by atoms with Gasteiger partial charge in [0.2, 0.25) is 0 Å². The second kappa shape index (κ2) is 5.16. The van der Waals surface area contributed by atoms with Crippen molar-refractivity contribution in [2.75, 3.05) is 7.11 Å². The molecule has 0 aromatic heterocycles. The normalized spacial score (nSPS) is 13.2. The Morgan fingerprint density at radius 1 is 1.36 bits per heavy atom. The van der Waals surface area contributed by atoms with Crippen molar-refractivity contribution in [1.29, 1.82) is 0 Å². The molecule has 0 saturated carbocycles. The Balaban J connectivity index is 3.51. The molecule has 0 aliphatic rings. The summed E-state index contributed by atoms with van der Waals surface area (Å²) in [6, 6.07) is 0. The largest absolute Gasteiger partial charge is 0.469 e. The highest BCUT2D eigenvalue weighted by Crippen LogP contribution is 2.14. The van der Waals surface area contributed by atoms with Gasteiger partial charge in [-0.2, -0.15) is 0 Å². The maximum absolute atomic E-state index is 10.8. The van der Waals surface area contributed by atoms with E-state index in [0.717, 1.165) is 6.42 Å². The SMILES string of the molecule is COC(=O)CC(C)CC(C)C. The molecule has 0 N–H and O–H groups in total. The highest BCUT2D eigenvalue weighted by molar-refractivity contribution is 5.69. The molecule has 11 heavy (non-hydrogen) atoms. The fraction of sp³-hybridized carbons (Fsp3) is 0.889. The summed E-state index contributed by atoms with van der Waals surface area (Å²) >= 11 is 0. The molecule has 0 aliphatic heterocycles. The molecule has 0 radical (unpaired) electrons. The van der Waals surface area contributed by atoms with Crippen LogP contribution in [-0.2, 0) is 9.53 Å². The van der Waals surface area contributed by atoms with Crippen LogP contribution in [0.2, 0.25) is 0 Å². The van der Waals surface area contributed by atoms with Gasteiger partial charge < -0.3 is 4.74 Å². The molecular weight excluding hydrogens is 140 g/mol. The molecule has 0 bridgehead atoms. The Bertz CT molecular complexity index is 119. The van der Waals surface area contributed by atoms with Gasteiger partial charge in [0, 0.05) is 6.42 Å². The number of hydrogen-bond acceptors (Lipinski definition) is 2. The first-order valence-corrected chi connectivity index (χ1v) is 4.13. The fourth-order valence-corrected chi connectivity index (χ4v) is 1.26. The van der Waals surface area contributed by atoms with Crippen molar-refractivity contribution in [3.05, 3.63) is 0 Å². The van der Waals surface area contributed by atoms with Crippen molar-refractivity contribution in [2.45, 2.75) is 33.6 Å². The summed E-state index contributed by atoms with van der Waals surface area (Å²) in [6.45, 7) is 6.40. The van der Waals surface area contributed by atoms with Crippen LogP contribution < -0.4 is 0 Å². The van der Waals surface area contributed by atoms with Crippen molar-refractivity contribution >= 4 is 5.97 Å². The van der Waals surface area contributed by atoms with Gasteiger partial charge in [-0.1, -0.05) is 20.8 Å². The zero-order valence-electron chi connectivity index (χ0n) is 7.89. The quantitative estimate of drug-likeness (QED) is 0.586. The van der Waals surface area contributed by atoms with E-state index in [2.05, 4.69) is 25.5 Å². The molecule has 66 valence electrons. The van der Waals surface area contributed by atoms with Crippen LogP contribution >= 0.6 is 0 Å². The number of carbonyl (C=O) groups is 1. The first-order chi connectivity index (χ1) is 5.06. The van der Waals surface area contributed by atoms with Gasteiger partial charge in [0.15, 0.2) is 0 Å². The van der Waals surface area contributed by atoms with Crippen LogP contribution in [0.1, 0.15) is 33.6 Å². The molecule has 2 nitrogen and oxygen atoms in total. The van der Waals surface area contributed by atoms with Crippen molar-refractivity contribution < 1.29 is 9.53 Å². The van der Waals surface area contributed by atoms with Crippen molar-refractivity contribution in [1.82, 2.24) is 0 Å². The third-order valence-electron chi connectivity index (χ3n) is 1.62. The number of esters is 1. The zero-order chi connectivity index (χ0) is 8.85. The van der Waals surface area contributed by atoms with E-state index in [-0.39, 0.29) is 5.97 Å². The third-order valence-corrected chi connectivity index (χ3v) is 1.62. The minimum atomic E-state index is -0.0989. The number of carbonyl (C=O) groups excluding carboxylic acids is 1. The van der Waals surface area contributed by atoms with E-state index in [1.165, 1.54) is 7.11 Å². The van der Waals surface area contributed by atoms with Crippen LogP contribution in [0, 0.1) is 11.8 Å². The predicted molar refractivity (Wildman–Crippen MR) is 45.3 cm³/mol. The van der Waals surface area contributed by atoms with Crippen molar-refractivity contribution in [3.63, 3.8) is 0 Å². The van der Waals surface area contributed by atoms with Crippen LogP contribution in [-0.4, -0.2) is 13.1 Å². The molecule has 1 unspecified atom stereocenters. The Hall–Kier alpha value is -0.530. The molecule has 1 atom stereocenters. The average Bonchev–Trinajstić information content (AvgIpc) is 1.85. The van der Waals surface area contributed by atoms with E-state index in [1.54, 1.807) is 0 Å². The van der Waals surface area contributed by atoms with Crippen molar-refractivity contribution in [2.24, 2.45) is 11.8 Å². The maximum atomic E-state index is 10.8. The van der Waals surface area contributed by atoms with E-state index in [9.17, 15) is 4.79 Å². The molecular formula is C9H18O2. The van der Waals surface area contributed by atoms with Gasteiger partial charge in [-0.15, -0.1) is 0 Å². The minimum absolute atomic E-state index is 0.0989. The van der Waals surface area contributed by atoms with Crippen LogP contribution in [0.3, 0.4) is 0 Å². The molecule has 0 rings (SSSR count). The molecule has 0 aromatic rings. The Morgan fingerprint density at radius 3 is 2.27 bits per heavy atom. The van der Waals surface area contributed by atoms with Gasteiger partial charge in [-0.25, -0.2) is 0 Å². The lowest BCUT2D eigenvalue weighted by Gasteiger charge is -2.11. The molecule has 0 saturated heterocycles. The van der Waals surface area contributed by atoms with Gasteiger partial charge in [0.1, 0.15) is 0 Å². The lowest BCUT2D eigenvalue weighted by atomic mass is 9.96. The van der Waals surface area contributed by atoms with Crippen LogP contribution in [0.5, 0.6) is 0 Å². The summed E-state index contributed by atoms with van der Waals surface area (Å²) in [5.41, 5.74) is 0. The summed E-state index contributed by atoms with van der Waals surface area (Å²) < 4.78 is 4.56. The van der Waals surface area contributed by atoms with E-state index in [1.807, 2.05) is 0 Å². The number of ether oxygens (including phenoxy) is 1. The topological polar surface area (TPSA) is 26.3 Å². The van der Waals surface area contributed by atoms with E-state index in [4.69, 9.17) is 0 Å². The third kappa shape index (κ3) is 5.89. The highest BCUT2D eigenvalue weighted by atomic mass is 16.5. The summed E-state index contributed by atoms with van der Waals surface area (Å²) in [5, 5.41) is 0. The second-order valence-corrected chi connectivity index (χ2v) is 3.51. The molecule has 0 amide bonds. The van der Waals surface area contributed by atoms with E-state index >= 15 is 0 Å². The van der Waals surface area contributed by atoms with Gasteiger partial charge in [-0.3, -0.25) is 4.79 Å². The lowest BCUT2D eigenvalue weighted by molar-refractivity contribution is -0.141. The Labute approximate surface area is 68.9 Å². The summed E-state index contributed by atoms with van der Waals surface area (Å²) in [4.78, 5) is 10.8. The van der Waals surface area contributed by atoms with E-state index < -0.39 is 0 Å². The van der Waals surface area contributed by atoms with Crippen LogP contribution in [0.25, 0.3) is 0 Å². The van der Waals surface area contributed by atoms with Gasteiger partial charge >= 0.3 is 5.97 Å². The molecule has 0 aromatic carbocycles. The van der Waals surface area contributed by atoms with Crippen LogP contribution in [0.4, 0.5) is 0 Å². The Morgan fingerprint density at radius 2 is 1.91 bits per heavy atom. The average molecular weight is 158 g/mol. The fourth-order valence-electron chi connectivity index (χ4n) is 1.26. The summed E-state index contributed by atoms with van der Waals surface area (Å²) in [7, 11) is 1.43. The second-order valence-electron chi connectivity index (χ2n) is 3.51. The lowest BCUT2D eigenvalue weighted by Crippen LogP contribution is -2.08. The molecule has 0 fully saturated rings. The molecule has 0 spiro atoms. The summed E-state index contributed by atoms with van der Waals surface area (Å²) in [5.74, 6) is 1.01. The van der Waals surface area contributed by atoms with Gasteiger partial charge in [0.05, 0.1) is 7.11 Å². The number of rotatable bonds is 4. The monoisotopic (exact) mass is 158 g/mol. The molecule has 2 heteroatoms. The standard InChI is InChI=1S/C9H18O2/c1-7(2)5-8(3)6-9(10)11-4/h7-8H,5-6H2,1-4H3. The Kier molecular flexibility index (Phi) is 4.92. The number of hydrogen-bond donors (Lipinski definition) is 0. The zero-order valence-corrected chi connectivity index (χ0v) is 7.89. The molecule has 0 heterocycles. The number of methoxy groups -OCH3 is 1. The smallest absolute Gasteiger partial charge is 0.305 e. The first-order valence-electron chi connectivity index (χ1n) is 4.13. The minimum Gasteiger partial charge on any atom is -0.469 e. The van der Waals surface area contributed by atoms with Crippen molar-refractivity contribution in [3.8, 4) is 0 Å². The van der Waals surface area contributed by atoms with Crippen LogP contribution in [0.15, 0.2) is 0 Å². The summed E-state index contributed by atoms with van der Waals surface area (Å²) in [6.07, 6.45) is 1.64. The van der Waals surface area contributed by atoms with Gasteiger partial charge in [-0.05, 0) is 18.3 Å². The van der Waals surface area contributed by atoms with E-state index in [0.29, 0.717) is 18.3 Å². The first kappa shape index (κ1) is 10.5. The maximum Gasteiger partial charge on any atom is 0.305 e.